The van der Waals surface area contributed by atoms with Gasteiger partial charge in [-0.2, -0.15) is 0 Å². The number of halogens is 2. The Balaban J connectivity index is 2.81. The second-order valence-electron chi connectivity index (χ2n) is 2.77. The van der Waals surface area contributed by atoms with Crippen LogP contribution in [0.25, 0.3) is 0 Å². The van der Waals surface area contributed by atoms with Gasteiger partial charge >= 0.3 is 0 Å². The molecule has 0 amide bonds. The van der Waals surface area contributed by atoms with Gasteiger partial charge in [0.15, 0.2) is 0 Å². The summed E-state index contributed by atoms with van der Waals surface area (Å²) in [6.45, 7) is 0. The average Bonchev–Trinajstić information content (AvgIpc) is 2.11. The summed E-state index contributed by atoms with van der Waals surface area (Å²) < 4.78 is 0. The average molecular weight is 221 g/mol. The number of phenolic OH excluding ortho intramolecular Hbond substituents is 2. The van der Waals surface area contributed by atoms with E-state index in [4.69, 9.17) is 28.3 Å². The Morgan fingerprint density at radius 3 is 2.62 bits per heavy atom. The Kier molecular flexibility index (Phi) is 3.70. The number of hydrogen-bond acceptors (Lipinski definition) is 2. The van der Waals surface area contributed by atoms with Gasteiger partial charge in [0.1, 0.15) is 11.5 Å². The molecule has 0 aliphatic heterocycles. The van der Waals surface area contributed by atoms with Crippen LogP contribution in [0.5, 0.6) is 11.5 Å². The van der Waals surface area contributed by atoms with Crippen LogP contribution in [-0.2, 0) is 6.42 Å². The summed E-state index contributed by atoms with van der Waals surface area (Å²) in [6.07, 6.45) is 0.450. The topological polar surface area (TPSA) is 40.5 Å². The number of hydrogen-bond donors (Lipinski definition) is 2. The van der Waals surface area contributed by atoms with Gasteiger partial charge in [-0.3, -0.25) is 0 Å². The first kappa shape index (κ1) is 10.5. The van der Waals surface area contributed by atoms with E-state index in [1.165, 1.54) is 18.2 Å². The summed E-state index contributed by atoms with van der Waals surface area (Å²) in [5, 5.41) is 18.3. The zero-order valence-corrected chi connectivity index (χ0v) is 8.39. The molecule has 72 valence electrons. The highest BCUT2D eigenvalue weighted by atomic mass is 35.5. The van der Waals surface area contributed by atoms with Gasteiger partial charge in [-0.1, -0.05) is 0 Å². The van der Waals surface area contributed by atoms with Crippen molar-refractivity contribution in [3.8, 4) is 11.5 Å². The molecule has 2 N–H and O–H groups in total. The van der Waals surface area contributed by atoms with Gasteiger partial charge in [0, 0.05) is 5.88 Å². The van der Waals surface area contributed by atoms with Crippen LogP contribution in [0.3, 0.4) is 0 Å². The van der Waals surface area contributed by atoms with E-state index in [1.54, 1.807) is 0 Å². The highest BCUT2D eigenvalue weighted by molar-refractivity contribution is 6.28. The Bertz CT molecular complexity index is 289. The molecule has 1 unspecified atom stereocenters. The normalized spacial score (nSPS) is 12.8. The number of alkyl halides is 2. The second kappa shape index (κ2) is 4.58. The summed E-state index contributed by atoms with van der Waals surface area (Å²) >= 11 is 11.3. The van der Waals surface area contributed by atoms with Crippen molar-refractivity contribution >= 4 is 23.2 Å². The molecule has 4 heteroatoms. The predicted molar refractivity (Wildman–Crippen MR) is 53.8 cm³/mol. The van der Waals surface area contributed by atoms with E-state index in [2.05, 4.69) is 0 Å². The fourth-order valence-electron chi connectivity index (χ4n) is 1.03. The van der Waals surface area contributed by atoms with Gasteiger partial charge in [-0.05, 0) is 30.2 Å². The molecule has 0 saturated carbocycles. The molecule has 1 rings (SSSR count). The van der Waals surface area contributed by atoms with Crippen molar-refractivity contribution in [2.75, 3.05) is 5.88 Å². The first-order chi connectivity index (χ1) is 6.13. The Labute approximate surface area is 86.7 Å². The van der Waals surface area contributed by atoms with Crippen molar-refractivity contribution in [1.82, 2.24) is 0 Å². The number of phenols is 2. The third-order valence-electron chi connectivity index (χ3n) is 1.67. The molecule has 0 spiro atoms. The summed E-state index contributed by atoms with van der Waals surface area (Å²) in [6, 6.07) is 4.34. The Hall–Kier alpha value is -0.600. The SMILES string of the molecule is Oc1ccc(O)c(CC(Cl)CCl)c1. The number of benzene rings is 1. The summed E-state index contributed by atoms with van der Waals surface area (Å²) in [5.41, 5.74) is 0.612. The van der Waals surface area contributed by atoms with Gasteiger partial charge in [-0.25, -0.2) is 0 Å². The lowest BCUT2D eigenvalue weighted by molar-refractivity contribution is 0.454. The van der Waals surface area contributed by atoms with Crippen molar-refractivity contribution < 1.29 is 10.2 Å². The van der Waals surface area contributed by atoms with Crippen molar-refractivity contribution in [3.05, 3.63) is 23.8 Å². The molecule has 0 bridgehead atoms. The van der Waals surface area contributed by atoms with Crippen LogP contribution in [0, 0.1) is 0 Å². The molecule has 2 nitrogen and oxygen atoms in total. The quantitative estimate of drug-likeness (QED) is 0.608. The van der Waals surface area contributed by atoms with Crippen LogP contribution in [0.2, 0.25) is 0 Å². The number of aromatic hydroxyl groups is 2. The molecular weight excluding hydrogens is 211 g/mol. The lowest BCUT2D eigenvalue weighted by Gasteiger charge is -2.07. The van der Waals surface area contributed by atoms with Gasteiger partial charge in [-0.15, -0.1) is 23.2 Å². The zero-order chi connectivity index (χ0) is 9.84. The smallest absolute Gasteiger partial charge is 0.119 e. The minimum Gasteiger partial charge on any atom is -0.508 e. The number of rotatable bonds is 3. The van der Waals surface area contributed by atoms with Crippen molar-refractivity contribution in [2.24, 2.45) is 0 Å². The van der Waals surface area contributed by atoms with Gasteiger partial charge < -0.3 is 10.2 Å². The van der Waals surface area contributed by atoms with Crippen LogP contribution >= 0.6 is 23.2 Å². The fourth-order valence-corrected chi connectivity index (χ4v) is 1.30. The third kappa shape index (κ3) is 2.98. The van der Waals surface area contributed by atoms with E-state index in [1.807, 2.05) is 0 Å². The largest absolute Gasteiger partial charge is 0.508 e. The molecule has 0 fully saturated rings. The first-order valence-electron chi connectivity index (χ1n) is 3.84. The molecule has 0 aromatic heterocycles. The van der Waals surface area contributed by atoms with Crippen molar-refractivity contribution in [2.45, 2.75) is 11.8 Å². The molecule has 1 atom stereocenters. The van der Waals surface area contributed by atoms with Crippen LogP contribution < -0.4 is 0 Å². The van der Waals surface area contributed by atoms with E-state index >= 15 is 0 Å². The summed E-state index contributed by atoms with van der Waals surface area (Å²) in [7, 11) is 0. The molecule has 0 radical (unpaired) electrons. The first-order valence-corrected chi connectivity index (χ1v) is 4.81. The van der Waals surface area contributed by atoms with Crippen LogP contribution in [0.1, 0.15) is 5.56 Å². The molecule has 0 aliphatic rings. The summed E-state index contributed by atoms with van der Waals surface area (Å²) in [4.78, 5) is 0. The van der Waals surface area contributed by atoms with E-state index in [0.717, 1.165) is 0 Å². The molecule has 0 heterocycles. The monoisotopic (exact) mass is 220 g/mol. The highest BCUT2D eigenvalue weighted by Gasteiger charge is 2.08. The van der Waals surface area contributed by atoms with Gasteiger partial charge in [0.2, 0.25) is 0 Å². The van der Waals surface area contributed by atoms with Gasteiger partial charge in [0.25, 0.3) is 0 Å². The Morgan fingerprint density at radius 2 is 2.00 bits per heavy atom. The lowest BCUT2D eigenvalue weighted by Crippen LogP contribution is -2.04. The molecule has 1 aromatic rings. The van der Waals surface area contributed by atoms with Gasteiger partial charge in [0.05, 0.1) is 5.38 Å². The maximum absolute atomic E-state index is 9.37. The molecule has 1 aromatic carbocycles. The lowest BCUT2D eigenvalue weighted by atomic mass is 10.1. The minimum atomic E-state index is -0.227. The van der Waals surface area contributed by atoms with E-state index in [9.17, 15) is 5.11 Å². The van der Waals surface area contributed by atoms with Crippen molar-refractivity contribution in [1.29, 1.82) is 0 Å². The van der Waals surface area contributed by atoms with Crippen LogP contribution in [0.4, 0.5) is 0 Å². The highest BCUT2D eigenvalue weighted by Crippen LogP contribution is 2.24. The fraction of sp³-hybridized carbons (Fsp3) is 0.333. The van der Waals surface area contributed by atoms with E-state index in [0.29, 0.717) is 17.9 Å². The van der Waals surface area contributed by atoms with Crippen molar-refractivity contribution in [3.63, 3.8) is 0 Å². The molecule has 0 aliphatic carbocycles. The van der Waals surface area contributed by atoms with E-state index < -0.39 is 0 Å². The maximum Gasteiger partial charge on any atom is 0.119 e. The predicted octanol–water partition coefficient (Wildman–Crippen LogP) is 2.49. The van der Waals surface area contributed by atoms with Crippen LogP contribution in [-0.4, -0.2) is 21.5 Å². The second-order valence-corrected chi connectivity index (χ2v) is 3.69. The van der Waals surface area contributed by atoms with Crippen LogP contribution in [0.15, 0.2) is 18.2 Å². The molecule has 13 heavy (non-hydrogen) atoms. The molecule has 0 saturated heterocycles. The third-order valence-corrected chi connectivity index (χ3v) is 2.51. The Morgan fingerprint density at radius 1 is 1.31 bits per heavy atom. The van der Waals surface area contributed by atoms with E-state index in [-0.39, 0.29) is 16.9 Å². The standard InChI is InChI=1S/C9H10Cl2O2/c10-5-7(11)3-6-4-8(12)1-2-9(6)13/h1-2,4,7,12-13H,3,5H2. The zero-order valence-electron chi connectivity index (χ0n) is 6.87. The minimum absolute atomic E-state index is 0.117. The molecular formula is C9H10Cl2O2. The maximum atomic E-state index is 9.37. The summed E-state index contributed by atoms with van der Waals surface area (Å²) in [5.74, 6) is 0.566.